The van der Waals surface area contributed by atoms with Crippen molar-refractivity contribution in [1.29, 1.82) is 0 Å². The number of aryl methyl sites for hydroxylation is 1. The number of rotatable bonds is 5. The Morgan fingerprint density at radius 1 is 1.12 bits per heavy atom. The minimum Gasteiger partial charge on any atom is -0.450 e. The van der Waals surface area contributed by atoms with Crippen molar-refractivity contribution < 1.29 is 9.15 Å². The number of benzene rings is 1. The fourth-order valence-corrected chi connectivity index (χ4v) is 3.13. The van der Waals surface area contributed by atoms with E-state index in [1.807, 2.05) is 48.1 Å². The van der Waals surface area contributed by atoms with Crippen LogP contribution >= 0.6 is 0 Å². The van der Waals surface area contributed by atoms with Gasteiger partial charge in [0.25, 0.3) is 0 Å². The molecule has 0 aliphatic heterocycles. The second-order valence-corrected chi connectivity index (χ2v) is 6.11. The fraction of sp³-hybridized carbons (Fsp3) is 0.263. The summed E-state index contributed by atoms with van der Waals surface area (Å²) in [5, 5.41) is 0. The van der Waals surface area contributed by atoms with Gasteiger partial charge in [-0.2, -0.15) is 0 Å². The van der Waals surface area contributed by atoms with Gasteiger partial charge < -0.3 is 18.3 Å². The average molecular weight is 336 g/mol. The van der Waals surface area contributed by atoms with Gasteiger partial charge in [0.15, 0.2) is 23.2 Å². The number of ether oxygens (including phenoxy) is 1. The molecule has 3 heterocycles. The van der Waals surface area contributed by atoms with Gasteiger partial charge in [-0.3, -0.25) is 0 Å². The first-order valence-electron chi connectivity index (χ1n) is 8.23. The van der Waals surface area contributed by atoms with Crippen LogP contribution in [0.5, 0.6) is 0 Å². The molecule has 0 spiro atoms. The number of fused-ring (bicyclic) bond motifs is 1. The minimum atomic E-state index is 0.173. The van der Waals surface area contributed by atoms with Gasteiger partial charge in [0, 0.05) is 26.6 Å². The zero-order chi connectivity index (χ0) is 17.4. The SMILES string of the molecule is COC[C@H](C)n1ccnc1-c1ccc(-c2nc3ccccc3n2C)o1. The Morgan fingerprint density at radius 2 is 1.88 bits per heavy atom. The van der Waals surface area contributed by atoms with Crippen LogP contribution in [0.2, 0.25) is 0 Å². The predicted octanol–water partition coefficient (Wildman–Crippen LogP) is 3.90. The Morgan fingerprint density at radius 3 is 2.64 bits per heavy atom. The lowest BCUT2D eigenvalue weighted by atomic mass is 10.3. The van der Waals surface area contributed by atoms with Crippen LogP contribution in [0.25, 0.3) is 34.2 Å². The highest BCUT2D eigenvalue weighted by atomic mass is 16.5. The summed E-state index contributed by atoms with van der Waals surface area (Å²) in [4.78, 5) is 9.13. The summed E-state index contributed by atoms with van der Waals surface area (Å²) in [5.74, 6) is 3.03. The zero-order valence-corrected chi connectivity index (χ0v) is 14.5. The standard InChI is InChI=1S/C19H20N4O2/c1-13(12-24-3)23-11-10-20-18(23)16-8-9-17(25-16)19-21-14-6-4-5-7-15(14)22(19)2/h4-11,13H,12H2,1-3H3/t13-/m0/s1. The highest BCUT2D eigenvalue weighted by molar-refractivity contribution is 5.79. The summed E-state index contributed by atoms with van der Waals surface area (Å²) in [5.41, 5.74) is 2.03. The Hall–Kier alpha value is -2.86. The number of methoxy groups -OCH3 is 1. The molecule has 25 heavy (non-hydrogen) atoms. The van der Waals surface area contributed by atoms with Gasteiger partial charge in [0.1, 0.15) is 0 Å². The lowest BCUT2D eigenvalue weighted by molar-refractivity contribution is 0.162. The van der Waals surface area contributed by atoms with Crippen molar-refractivity contribution in [1.82, 2.24) is 19.1 Å². The third-order valence-electron chi connectivity index (χ3n) is 4.39. The first kappa shape index (κ1) is 15.7. The maximum absolute atomic E-state index is 6.09. The fourth-order valence-electron chi connectivity index (χ4n) is 3.13. The van der Waals surface area contributed by atoms with Crippen LogP contribution in [0.3, 0.4) is 0 Å². The molecule has 0 N–H and O–H groups in total. The molecule has 0 unspecified atom stereocenters. The third kappa shape index (κ3) is 2.64. The van der Waals surface area contributed by atoms with Crippen LogP contribution in [0.1, 0.15) is 13.0 Å². The molecule has 3 aromatic heterocycles. The van der Waals surface area contributed by atoms with E-state index in [4.69, 9.17) is 9.15 Å². The van der Waals surface area contributed by atoms with E-state index in [9.17, 15) is 0 Å². The molecule has 1 aromatic carbocycles. The molecule has 6 nitrogen and oxygen atoms in total. The van der Waals surface area contributed by atoms with Crippen LogP contribution in [-0.2, 0) is 11.8 Å². The van der Waals surface area contributed by atoms with Gasteiger partial charge in [-0.05, 0) is 31.2 Å². The number of aromatic nitrogens is 4. The molecule has 0 aliphatic carbocycles. The van der Waals surface area contributed by atoms with E-state index in [1.54, 1.807) is 13.3 Å². The van der Waals surface area contributed by atoms with E-state index < -0.39 is 0 Å². The molecule has 0 bridgehead atoms. The van der Waals surface area contributed by atoms with Crippen molar-refractivity contribution in [2.45, 2.75) is 13.0 Å². The predicted molar refractivity (Wildman–Crippen MR) is 96.2 cm³/mol. The minimum absolute atomic E-state index is 0.173. The van der Waals surface area contributed by atoms with Crippen LogP contribution in [0.4, 0.5) is 0 Å². The van der Waals surface area contributed by atoms with Crippen LogP contribution in [0.15, 0.2) is 53.2 Å². The van der Waals surface area contributed by atoms with E-state index >= 15 is 0 Å². The Balaban J connectivity index is 1.73. The zero-order valence-electron chi connectivity index (χ0n) is 14.5. The third-order valence-corrected chi connectivity index (χ3v) is 4.39. The number of furan rings is 1. The van der Waals surface area contributed by atoms with E-state index in [0.29, 0.717) is 6.61 Å². The second kappa shape index (κ2) is 6.22. The number of para-hydroxylation sites is 2. The molecule has 4 rings (SSSR count). The molecule has 4 aromatic rings. The molecule has 0 saturated heterocycles. The Kier molecular flexibility index (Phi) is 3.89. The van der Waals surface area contributed by atoms with Crippen LogP contribution in [-0.4, -0.2) is 32.8 Å². The van der Waals surface area contributed by atoms with Crippen molar-refractivity contribution in [3.63, 3.8) is 0 Å². The first-order valence-corrected chi connectivity index (χ1v) is 8.23. The van der Waals surface area contributed by atoms with Crippen molar-refractivity contribution in [2.75, 3.05) is 13.7 Å². The molecule has 1 atom stereocenters. The van der Waals surface area contributed by atoms with E-state index in [0.717, 1.165) is 34.2 Å². The number of nitrogens with zero attached hydrogens (tertiary/aromatic N) is 4. The van der Waals surface area contributed by atoms with Crippen molar-refractivity contribution >= 4 is 11.0 Å². The van der Waals surface area contributed by atoms with Crippen molar-refractivity contribution in [3.8, 4) is 23.2 Å². The second-order valence-electron chi connectivity index (χ2n) is 6.11. The maximum atomic E-state index is 6.09. The summed E-state index contributed by atoms with van der Waals surface area (Å²) in [6.07, 6.45) is 3.72. The number of hydrogen-bond acceptors (Lipinski definition) is 4. The topological polar surface area (TPSA) is 58.0 Å². The monoisotopic (exact) mass is 336 g/mol. The Labute approximate surface area is 145 Å². The lowest BCUT2D eigenvalue weighted by Gasteiger charge is -2.14. The summed E-state index contributed by atoms with van der Waals surface area (Å²) in [6.45, 7) is 2.70. The highest BCUT2D eigenvalue weighted by Gasteiger charge is 2.18. The van der Waals surface area contributed by atoms with Crippen molar-refractivity contribution in [2.24, 2.45) is 7.05 Å². The van der Waals surface area contributed by atoms with Crippen LogP contribution < -0.4 is 0 Å². The molecule has 0 aliphatic rings. The smallest absolute Gasteiger partial charge is 0.177 e. The lowest BCUT2D eigenvalue weighted by Crippen LogP contribution is -2.11. The largest absolute Gasteiger partial charge is 0.450 e. The average Bonchev–Trinajstić information content (AvgIpc) is 3.33. The van der Waals surface area contributed by atoms with Gasteiger partial charge in [0.05, 0.1) is 23.7 Å². The molecule has 0 amide bonds. The van der Waals surface area contributed by atoms with Gasteiger partial charge in [-0.25, -0.2) is 9.97 Å². The van der Waals surface area contributed by atoms with E-state index in [2.05, 4.69) is 27.5 Å². The summed E-state index contributed by atoms with van der Waals surface area (Å²) in [7, 11) is 3.69. The molecule has 0 saturated carbocycles. The van der Waals surface area contributed by atoms with E-state index in [1.165, 1.54) is 0 Å². The van der Waals surface area contributed by atoms with Crippen molar-refractivity contribution in [3.05, 3.63) is 48.8 Å². The quantitative estimate of drug-likeness (QED) is 0.554. The van der Waals surface area contributed by atoms with Gasteiger partial charge in [-0.1, -0.05) is 12.1 Å². The van der Waals surface area contributed by atoms with Gasteiger partial charge >= 0.3 is 0 Å². The summed E-state index contributed by atoms with van der Waals surface area (Å²) in [6, 6.07) is 12.1. The molecule has 0 fully saturated rings. The molecule has 0 radical (unpaired) electrons. The molecular formula is C19H20N4O2. The highest BCUT2D eigenvalue weighted by Crippen LogP contribution is 2.30. The molecular weight excluding hydrogens is 316 g/mol. The maximum Gasteiger partial charge on any atom is 0.177 e. The van der Waals surface area contributed by atoms with Crippen LogP contribution in [0, 0.1) is 0 Å². The number of imidazole rings is 2. The summed E-state index contributed by atoms with van der Waals surface area (Å²) < 4.78 is 15.4. The molecule has 128 valence electrons. The van der Waals surface area contributed by atoms with Gasteiger partial charge in [0.2, 0.25) is 0 Å². The Bertz CT molecular complexity index is 1010. The summed E-state index contributed by atoms with van der Waals surface area (Å²) >= 11 is 0. The molecule has 6 heteroatoms. The van der Waals surface area contributed by atoms with E-state index in [-0.39, 0.29) is 6.04 Å². The van der Waals surface area contributed by atoms with Gasteiger partial charge in [-0.15, -0.1) is 0 Å². The first-order chi connectivity index (χ1) is 12.2. The normalized spacial score (nSPS) is 12.8. The number of hydrogen-bond donors (Lipinski definition) is 0.